The number of nitro benzene ring substituents is 1. The minimum atomic E-state index is -0.436. The number of hydrazone groups is 1. The molecule has 0 aliphatic heterocycles. The molecular weight excluding hydrogens is 308 g/mol. The molecule has 0 saturated heterocycles. The number of benzene rings is 2. The van der Waals surface area contributed by atoms with Crippen molar-refractivity contribution in [3.8, 4) is 0 Å². The number of aryl methyl sites for hydroxylation is 1. The van der Waals surface area contributed by atoms with E-state index in [0.29, 0.717) is 16.8 Å². The maximum Gasteiger partial charge on any atom is 0.272 e. The molecule has 0 fully saturated rings. The Bertz CT molecular complexity index is 773. The van der Waals surface area contributed by atoms with Gasteiger partial charge < -0.3 is 5.32 Å². The molecule has 0 radical (unpaired) electrons. The van der Waals surface area contributed by atoms with E-state index in [-0.39, 0.29) is 18.1 Å². The predicted octanol–water partition coefficient (Wildman–Crippen LogP) is 2.86. The van der Waals surface area contributed by atoms with Gasteiger partial charge in [0.2, 0.25) is 0 Å². The highest BCUT2D eigenvalue weighted by molar-refractivity contribution is 6.00. The summed E-state index contributed by atoms with van der Waals surface area (Å²) in [6, 6.07) is 14.2. The van der Waals surface area contributed by atoms with E-state index in [0.717, 1.165) is 5.69 Å². The summed E-state index contributed by atoms with van der Waals surface area (Å²) in [5, 5.41) is 17.9. The predicted molar refractivity (Wildman–Crippen MR) is 93.1 cm³/mol. The number of hydrogen-bond donors (Lipinski definition) is 2. The Morgan fingerprint density at radius 3 is 2.58 bits per heavy atom. The Morgan fingerprint density at radius 1 is 1.21 bits per heavy atom. The van der Waals surface area contributed by atoms with Crippen molar-refractivity contribution >= 4 is 23.0 Å². The maximum absolute atomic E-state index is 11.8. The monoisotopic (exact) mass is 326 g/mol. The van der Waals surface area contributed by atoms with Crippen LogP contribution in [0.3, 0.4) is 0 Å². The molecule has 2 aromatic carbocycles. The van der Waals surface area contributed by atoms with Crippen LogP contribution in [-0.2, 0) is 4.79 Å². The number of rotatable bonds is 6. The molecule has 124 valence electrons. The fourth-order valence-corrected chi connectivity index (χ4v) is 2.02. The maximum atomic E-state index is 11.8. The van der Waals surface area contributed by atoms with E-state index in [4.69, 9.17) is 0 Å². The molecule has 0 spiro atoms. The number of para-hydroxylation sites is 1. The summed E-state index contributed by atoms with van der Waals surface area (Å²) in [5.41, 5.74) is 4.95. The van der Waals surface area contributed by atoms with Gasteiger partial charge in [-0.15, -0.1) is 0 Å². The topological polar surface area (TPSA) is 96.6 Å². The van der Waals surface area contributed by atoms with Crippen molar-refractivity contribution < 1.29 is 9.72 Å². The SMILES string of the molecule is C/C(=N\NC(=O)CNc1ccccc1)c1ccc(C)c([N+](=O)[O-])c1. The van der Waals surface area contributed by atoms with Gasteiger partial charge in [0.25, 0.3) is 11.6 Å². The highest BCUT2D eigenvalue weighted by atomic mass is 16.6. The lowest BCUT2D eigenvalue weighted by Crippen LogP contribution is -2.26. The zero-order chi connectivity index (χ0) is 17.5. The van der Waals surface area contributed by atoms with Crippen LogP contribution in [0.1, 0.15) is 18.1 Å². The van der Waals surface area contributed by atoms with Gasteiger partial charge in [0.15, 0.2) is 0 Å². The van der Waals surface area contributed by atoms with Gasteiger partial charge in [-0.25, -0.2) is 5.43 Å². The normalized spacial score (nSPS) is 11.0. The lowest BCUT2D eigenvalue weighted by molar-refractivity contribution is -0.385. The van der Waals surface area contributed by atoms with Crippen LogP contribution in [0, 0.1) is 17.0 Å². The minimum absolute atomic E-state index is 0.0270. The van der Waals surface area contributed by atoms with E-state index in [1.54, 1.807) is 26.0 Å². The molecule has 7 heteroatoms. The zero-order valence-corrected chi connectivity index (χ0v) is 13.4. The smallest absolute Gasteiger partial charge is 0.272 e. The number of anilines is 1. The average molecular weight is 326 g/mol. The molecule has 1 amide bonds. The van der Waals surface area contributed by atoms with Crippen molar-refractivity contribution in [1.29, 1.82) is 0 Å². The van der Waals surface area contributed by atoms with Crippen LogP contribution in [-0.4, -0.2) is 23.1 Å². The van der Waals surface area contributed by atoms with Crippen molar-refractivity contribution in [3.63, 3.8) is 0 Å². The fourth-order valence-electron chi connectivity index (χ4n) is 2.02. The molecule has 2 aromatic rings. The molecule has 0 aliphatic carbocycles. The highest BCUT2D eigenvalue weighted by Crippen LogP contribution is 2.19. The van der Waals surface area contributed by atoms with E-state index in [1.807, 2.05) is 30.3 Å². The highest BCUT2D eigenvalue weighted by Gasteiger charge is 2.12. The van der Waals surface area contributed by atoms with Crippen molar-refractivity contribution in [3.05, 3.63) is 69.8 Å². The number of hydrogen-bond acceptors (Lipinski definition) is 5. The lowest BCUT2D eigenvalue weighted by Gasteiger charge is -2.06. The van der Waals surface area contributed by atoms with Gasteiger partial charge in [-0.05, 0) is 26.0 Å². The molecule has 0 atom stereocenters. The van der Waals surface area contributed by atoms with Crippen molar-refractivity contribution in [1.82, 2.24) is 5.43 Å². The van der Waals surface area contributed by atoms with Crippen molar-refractivity contribution in [2.24, 2.45) is 5.10 Å². The zero-order valence-electron chi connectivity index (χ0n) is 13.4. The summed E-state index contributed by atoms with van der Waals surface area (Å²) < 4.78 is 0. The molecule has 24 heavy (non-hydrogen) atoms. The molecule has 0 heterocycles. The van der Waals surface area contributed by atoms with E-state index < -0.39 is 4.92 Å². The van der Waals surface area contributed by atoms with Crippen LogP contribution >= 0.6 is 0 Å². The van der Waals surface area contributed by atoms with Gasteiger partial charge in [0, 0.05) is 22.9 Å². The number of carbonyl (C=O) groups is 1. The van der Waals surface area contributed by atoms with Crippen LogP contribution < -0.4 is 10.7 Å². The first-order chi connectivity index (χ1) is 11.5. The second kappa shape index (κ2) is 7.87. The number of amides is 1. The third-order valence-electron chi connectivity index (χ3n) is 3.40. The van der Waals surface area contributed by atoms with Gasteiger partial charge in [-0.3, -0.25) is 14.9 Å². The number of carbonyl (C=O) groups excluding carboxylic acids is 1. The van der Waals surface area contributed by atoms with E-state index in [2.05, 4.69) is 15.8 Å². The Labute approximate surface area is 139 Å². The van der Waals surface area contributed by atoms with Crippen LogP contribution in [0.2, 0.25) is 0 Å². The first kappa shape index (κ1) is 17.1. The molecule has 2 rings (SSSR count). The minimum Gasteiger partial charge on any atom is -0.376 e. The first-order valence-corrected chi connectivity index (χ1v) is 7.35. The average Bonchev–Trinajstić information content (AvgIpc) is 2.59. The Kier molecular flexibility index (Phi) is 5.62. The second-order valence-electron chi connectivity index (χ2n) is 5.21. The Morgan fingerprint density at radius 2 is 1.92 bits per heavy atom. The summed E-state index contributed by atoms with van der Waals surface area (Å²) in [5.74, 6) is -0.306. The third-order valence-corrected chi connectivity index (χ3v) is 3.40. The van der Waals surface area contributed by atoms with Crippen molar-refractivity contribution in [2.45, 2.75) is 13.8 Å². The van der Waals surface area contributed by atoms with Crippen LogP contribution in [0.15, 0.2) is 53.6 Å². The van der Waals surface area contributed by atoms with Gasteiger partial charge in [-0.2, -0.15) is 5.10 Å². The van der Waals surface area contributed by atoms with E-state index in [1.165, 1.54) is 6.07 Å². The van der Waals surface area contributed by atoms with Gasteiger partial charge in [0.1, 0.15) is 0 Å². The third kappa shape index (κ3) is 4.64. The van der Waals surface area contributed by atoms with Crippen LogP contribution in [0.5, 0.6) is 0 Å². The molecule has 0 aromatic heterocycles. The summed E-state index contributed by atoms with van der Waals surface area (Å²) in [6.45, 7) is 3.43. The largest absolute Gasteiger partial charge is 0.376 e. The molecule has 0 aliphatic rings. The number of nitrogens with one attached hydrogen (secondary N) is 2. The second-order valence-corrected chi connectivity index (χ2v) is 5.21. The van der Waals surface area contributed by atoms with Crippen LogP contribution in [0.4, 0.5) is 11.4 Å². The first-order valence-electron chi connectivity index (χ1n) is 7.35. The van der Waals surface area contributed by atoms with Crippen molar-refractivity contribution in [2.75, 3.05) is 11.9 Å². The van der Waals surface area contributed by atoms with E-state index in [9.17, 15) is 14.9 Å². The van der Waals surface area contributed by atoms with Gasteiger partial charge >= 0.3 is 0 Å². The summed E-state index contributed by atoms with van der Waals surface area (Å²) in [4.78, 5) is 22.3. The number of nitrogens with zero attached hydrogens (tertiary/aromatic N) is 2. The van der Waals surface area contributed by atoms with Crippen LogP contribution in [0.25, 0.3) is 0 Å². The molecule has 7 nitrogen and oxygen atoms in total. The van der Waals surface area contributed by atoms with Gasteiger partial charge in [0.05, 0.1) is 17.2 Å². The molecule has 2 N–H and O–H groups in total. The van der Waals surface area contributed by atoms with Gasteiger partial charge in [-0.1, -0.05) is 30.3 Å². The summed E-state index contributed by atoms with van der Waals surface area (Å²) in [7, 11) is 0. The Balaban J connectivity index is 1.97. The standard InChI is InChI=1S/C17H18N4O3/c1-12-8-9-14(10-16(12)21(23)24)13(2)19-20-17(22)11-18-15-6-4-3-5-7-15/h3-10,18H,11H2,1-2H3,(H,20,22)/b19-13+. The van der Waals surface area contributed by atoms with E-state index >= 15 is 0 Å². The molecule has 0 bridgehead atoms. The quantitative estimate of drug-likeness (QED) is 0.484. The lowest BCUT2D eigenvalue weighted by atomic mass is 10.1. The summed E-state index contributed by atoms with van der Waals surface area (Å²) in [6.07, 6.45) is 0. The molecular formula is C17H18N4O3. The fraction of sp³-hybridized carbons (Fsp3) is 0.176. The summed E-state index contributed by atoms with van der Waals surface area (Å²) >= 11 is 0. The molecule has 0 unspecified atom stereocenters. The molecule has 0 saturated carbocycles. The Hall–Kier alpha value is -3.22. The number of nitro groups is 1.